The molecule has 0 spiro atoms. The summed E-state index contributed by atoms with van der Waals surface area (Å²) >= 11 is 0. The van der Waals surface area contributed by atoms with E-state index in [1.807, 2.05) is 30.3 Å². The number of alkyl halides is 3. The summed E-state index contributed by atoms with van der Waals surface area (Å²) < 4.78 is 43.6. The number of ether oxygens (including phenoxy) is 1. The minimum absolute atomic E-state index is 0.188. The molecular formula is C22H22F3NO2. The molecule has 148 valence electrons. The SMILES string of the molecule is CCOC(=O)C1=C(c2ccccc2)C(Nc2ccc(C(F)(F)F)cc2)CCC1. The summed E-state index contributed by atoms with van der Waals surface area (Å²) in [4.78, 5) is 12.5. The molecule has 0 fully saturated rings. The van der Waals surface area contributed by atoms with Gasteiger partial charge in [-0.25, -0.2) is 4.79 Å². The first-order valence-corrected chi connectivity index (χ1v) is 9.29. The molecule has 0 saturated heterocycles. The molecule has 1 atom stereocenters. The summed E-state index contributed by atoms with van der Waals surface area (Å²) in [5.41, 5.74) is 2.29. The lowest BCUT2D eigenvalue weighted by molar-refractivity contribution is -0.139. The number of carbonyl (C=O) groups excluding carboxylic acids is 1. The number of rotatable bonds is 5. The van der Waals surface area contributed by atoms with Crippen LogP contribution in [-0.2, 0) is 15.7 Å². The Labute approximate surface area is 162 Å². The Kier molecular flexibility index (Phi) is 6.07. The molecule has 0 heterocycles. The summed E-state index contributed by atoms with van der Waals surface area (Å²) in [5, 5.41) is 3.30. The topological polar surface area (TPSA) is 38.3 Å². The van der Waals surface area contributed by atoms with Crippen LogP contribution in [0.25, 0.3) is 5.57 Å². The number of carbonyl (C=O) groups is 1. The van der Waals surface area contributed by atoms with Crippen LogP contribution < -0.4 is 5.32 Å². The van der Waals surface area contributed by atoms with Crippen molar-refractivity contribution in [1.82, 2.24) is 0 Å². The first-order valence-electron chi connectivity index (χ1n) is 9.29. The van der Waals surface area contributed by atoms with Crippen molar-refractivity contribution in [1.29, 1.82) is 0 Å². The summed E-state index contributed by atoms with van der Waals surface area (Å²) in [7, 11) is 0. The van der Waals surface area contributed by atoms with E-state index in [-0.39, 0.29) is 12.0 Å². The maximum atomic E-state index is 12.8. The van der Waals surface area contributed by atoms with Crippen molar-refractivity contribution in [2.75, 3.05) is 11.9 Å². The molecule has 0 radical (unpaired) electrons. The smallest absolute Gasteiger partial charge is 0.416 e. The Morgan fingerprint density at radius 1 is 1.11 bits per heavy atom. The minimum atomic E-state index is -4.37. The zero-order valence-electron chi connectivity index (χ0n) is 15.6. The van der Waals surface area contributed by atoms with Gasteiger partial charge in [-0.2, -0.15) is 13.2 Å². The number of esters is 1. The van der Waals surface area contributed by atoms with Crippen LogP contribution in [-0.4, -0.2) is 18.6 Å². The Balaban J connectivity index is 1.94. The average Bonchev–Trinajstić information content (AvgIpc) is 2.68. The van der Waals surface area contributed by atoms with Gasteiger partial charge in [0.2, 0.25) is 0 Å². The summed E-state index contributed by atoms with van der Waals surface area (Å²) in [6.45, 7) is 2.06. The third-order valence-corrected chi connectivity index (χ3v) is 4.75. The van der Waals surface area contributed by atoms with Gasteiger partial charge >= 0.3 is 12.1 Å². The van der Waals surface area contributed by atoms with Gasteiger partial charge in [-0.05, 0) is 61.6 Å². The predicted molar refractivity (Wildman–Crippen MR) is 103 cm³/mol. The molecule has 3 nitrogen and oxygen atoms in total. The number of nitrogens with one attached hydrogen (secondary N) is 1. The van der Waals surface area contributed by atoms with Gasteiger partial charge in [-0.3, -0.25) is 0 Å². The molecule has 0 aliphatic heterocycles. The van der Waals surface area contributed by atoms with Crippen LogP contribution >= 0.6 is 0 Å². The molecule has 1 aliphatic rings. The maximum absolute atomic E-state index is 12.8. The van der Waals surface area contributed by atoms with E-state index in [2.05, 4.69) is 5.32 Å². The number of halogens is 3. The molecule has 2 aromatic carbocycles. The molecular weight excluding hydrogens is 367 g/mol. The lowest BCUT2D eigenvalue weighted by Crippen LogP contribution is -2.28. The molecule has 1 N–H and O–H groups in total. The lowest BCUT2D eigenvalue weighted by atomic mass is 9.83. The van der Waals surface area contributed by atoms with Gasteiger partial charge in [-0.1, -0.05) is 30.3 Å². The first-order chi connectivity index (χ1) is 13.4. The molecule has 1 unspecified atom stereocenters. The van der Waals surface area contributed by atoms with Crippen molar-refractivity contribution in [3.8, 4) is 0 Å². The van der Waals surface area contributed by atoms with Gasteiger partial charge in [0.05, 0.1) is 18.2 Å². The standard InChI is InChI=1S/C22H22F3NO2/c1-2-28-21(27)18-9-6-10-19(20(18)15-7-4-3-5-8-15)26-17-13-11-16(12-14-17)22(23,24)25/h3-5,7-8,11-14,19,26H,2,6,9-10H2,1H3. The Morgan fingerprint density at radius 2 is 1.79 bits per heavy atom. The minimum Gasteiger partial charge on any atom is -0.463 e. The lowest BCUT2D eigenvalue weighted by Gasteiger charge is -2.30. The van der Waals surface area contributed by atoms with E-state index in [0.717, 1.165) is 36.1 Å². The van der Waals surface area contributed by atoms with E-state index in [0.29, 0.717) is 24.3 Å². The second-order valence-corrected chi connectivity index (χ2v) is 6.64. The zero-order valence-corrected chi connectivity index (χ0v) is 15.6. The van der Waals surface area contributed by atoms with Crippen LogP contribution in [0.3, 0.4) is 0 Å². The third kappa shape index (κ3) is 4.55. The van der Waals surface area contributed by atoms with E-state index in [1.54, 1.807) is 6.92 Å². The second kappa shape index (κ2) is 8.50. The molecule has 6 heteroatoms. The van der Waals surface area contributed by atoms with Gasteiger partial charge in [0.25, 0.3) is 0 Å². The van der Waals surface area contributed by atoms with E-state index in [4.69, 9.17) is 4.74 Å². The van der Waals surface area contributed by atoms with Crippen molar-refractivity contribution in [2.24, 2.45) is 0 Å². The van der Waals surface area contributed by atoms with Crippen molar-refractivity contribution in [3.63, 3.8) is 0 Å². The fourth-order valence-corrected chi connectivity index (χ4v) is 3.50. The van der Waals surface area contributed by atoms with Crippen LogP contribution in [0.4, 0.5) is 18.9 Å². The fourth-order valence-electron chi connectivity index (χ4n) is 3.50. The van der Waals surface area contributed by atoms with Gasteiger partial charge in [0, 0.05) is 11.3 Å². The molecule has 0 bridgehead atoms. The number of hydrogen-bond acceptors (Lipinski definition) is 3. The quantitative estimate of drug-likeness (QED) is 0.668. The highest BCUT2D eigenvalue weighted by molar-refractivity contribution is 5.99. The van der Waals surface area contributed by atoms with Crippen molar-refractivity contribution < 1.29 is 22.7 Å². The van der Waals surface area contributed by atoms with E-state index >= 15 is 0 Å². The molecule has 3 rings (SSSR count). The molecule has 0 aromatic heterocycles. The van der Waals surface area contributed by atoms with Crippen LogP contribution in [0.2, 0.25) is 0 Å². The summed E-state index contributed by atoms with van der Waals surface area (Å²) in [6, 6.07) is 14.3. The van der Waals surface area contributed by atoms with Crippen LogP contribution in [0.1, 0.15) is 37.3 Å². The Hall–Kier alpha value is -2.76. The third-order valence-electron chi connectivity index (χ3n) is 4.75. The van der Waals surface area contributed by atoms with Gasteiger partial charge in [0.15, 0.2) is 0 Å². The van der Waals surface area contributed by atoms with E-state index in [1.165, 1.54) is 12.1 Å². The highest BCUT2D eigenvalue weighted by Gasteiger charge is 2.31. The normalized spacial score (nSPS) is 17.4. The van der Waals surface area contributed by atoms with Crippen LogP contribution in [0.15, 0.2) is 60.2 Å². The molecule has 28 heavy (non-hydrogen) atoms. The van der Waals surface area contributed by atoms with Crippen molar-refractivity contribution in [3.05, 3.63) is 71.3 Å². The zero-order chi connectivity index (χ0) is 20.1. The monoisotopic (exact) mass is 389 g/mol. The number of hydrogen-bond donors (Lipinski definition) is 1. The molecule has 0 saturated carbocycles. The summed E-state index contributed by atoms with van der Waals surface area (Å²) in [5.74, 6) is -0.333. The van der Waals surface area contributed by atoms with Crippen molar-refractivity contribution in [2.45, 2.75) is 38.4 Å². The van der Waals surface area contributed by atoms with Crippen molar-refractivity contribution >= 4 is 17.2 Å². The largest absolute Gasteiger partial charge is 0.463 e. The highest BCUT2D eigenvalue weighted by atomic mass is 19.4. The average molecular weight is 389 g/mol. The summed E-state index contributed by atoms with van der Waals surface area (Å²) in [6.07, 6.45) is -2.18. The fraction of sp³-hybridized carbons (Fsp3) is 0.318. The number of benzene rings is 2. The molecule has 1 aliphatic carbocycles. The molecule has 0 amide bonds. The van der Waals surface area contributed by atoms with Crippen LogP contribution in [0, 0.1) is 0 Å². The first kappa shape index (κ1) is 20.0. The number of anilines is 1. The van der Waals surface area contributed by atoms with E-state index < -0.39 is 11.7 Å². The Bertz CT molecular complexity index is 842. The van der Waals surface area contributed by atoms with Gasteiger partial charge < -0.3 is 10.1 Å². The second-order valence-electron chi connectivity index (χ2n) is 6.64. The van der Waals surface area contributed by atoms with E-state index in [9.17, 15) is 18.0 Å². The predicted octanol–water partition coefficient (Wildman–Crippen LogP) is 5.69. The highest BCUT2D eigenvalue weighted by Crippen LogP contribution is 2.36. The van der Waals surface area contributed by atoms with Gasteiger partial charge in [-0.15, -0.1) is 0 Å². The molecule has 2 aromatic rings. The van der Waals surface area contributed by atoms with Crippen LogP contribution in [0.5, 0.6) is 0 Å². The maximum Gasteiger partial charge on any atom is 0.416 e. The van der Waals surface area contributed by atoms with Gasteiger partial charge in [0.1, 0.15) is 0 Å². The Morgan fingerprint density at radius 3 is 2.39 bits per heavy atom.